The zero-order chi connectivity index (χ0) is 84.3. The highest BCUT2D eigenvalue weighted by Gasteiger charge is 2.56. The zero-order valence-electron chi connectivity index (χ0n) is 70.5. The molecule has 4 aliphatic rings. The predicted octanol–water partition coefficient (Wildman–Crippen LogP) is 33.1. The summed E-state index contributed by atoms with van der Waals surface area (Å²) in [5.74, 6) is 0. The standard InChI is InChI=1S/C124H82N4/c1-80-30-17-27-52-115(80)127(92-41-13-5-14-42-92)97-62-70-103-86(78-97)56-66-107-108-67-57-87-79-98(63-71-104(87)122(108)124(121(103)107)112-51-26-24-49-110(112)118-100-47-22-19-33-83(100)59-73-114(118)124)128(93-43-15-6-16-44-93)116-53-28-20-34-88(116)74-81-31-29-45-94(75-81)126(91-39-11-4-12-40-91)96-61-69-102-85(77-96)55-65-106-105-64-54-84-76-95(125(89-35-7-2-8-36-89)90-37-9-3-10-38-90)60-68-101(84)119(105)123(120(102)106)111-50-25-23-48-109(111)117-99-46-21-18-32-82(99)58-72-113(117)123/h2-73,75-79H,74H2,1H3. The summed E-state index contributed by atoms with van der Waals surface area (Å²) < 4.78 is 0. The second-order valence-corrected chi connectivity index (χ2v) is 34.9. The molecule has 0 aromatic heterocycles. The summed E-state index contributed by atoms with van der Waals surface area (Å²) in [5, 5.41) is 14.8. The van der Waals surface area contributed by atoms with Gasteiger partial charge >= 0.3 is 0 Å². The van der Waals surface area contributed by atoms with E-state index in [0.29, 0.717) is 6.42 Å². The molecule has 128 heavy (non-hydrogen) atoms. The van der Waals surface area contributed by atoms with Crippen LogP contribution in [0, 0.1) is 6.92 Å². The van der Waals surface area contributed by atoms with Crippen molar-refractivity contribution >= 4 is 133 Å². The molecule has 26 rings (SSSR count). The van der Waals surface area contributed by atoms with Gasteiger partial charge in [0.25, 0.3) is 0 Å². The van der Waals surface area contributed by atoms with Crippen LogP contribution in [-0.4, -0.2) is 0 Å². The van der Waals surface area contributed by atoms with E-state index >= 15 is 0 Å². The van der Waals surface area contributed by atoms with Gasteiger partial charge in [-0.3, -0.25) is 0 Å². The second-order valence-electron chi connectivity index (χ2n) is 34.9. The first-order valence-electron chi connectivity index (χ1n) is 44.6. The van der Waals surface area contributed by atoms with Crippen molar-refractivity contribution in [1.29, 1.82) is 0 Å². The monoisotopic (exact) mass is 1630 g/mol. The van der Waals surface area contributed by atoms with Gasteiger partial charge in [0, 0.05) is 68.2 Å². The maximum absolute atomic E-state index is 2.49. The van der Waals surface area contributed by atoms with Crippen molar-refractivity contribution in [2.75, 3.05) is 19.6 Å². The lowest BCUT2D eigenvalue weighted by atomic mass is 9.68. The minimum atomic E-state index is -0.676. The maximum atomic E-state index is 2.49. The molecule has 0 amide bonds. The van der Waals surface area contributed by atoms with Crippen LogP contribution in [0.15, 0.2) is 467 Å². The molecule has 598 valence electrons. The van der Waals surface area contributed by atoms with Gasteiger partial charge in [-0.05, 0) is 317 Å². The minimum absolute atomic E-state index is 0.669. The van der Waals surface area contributed by atoms with E-state index in [-0.39, 0.29) is 0 Å². The lowest BCUT2D eigenvalue weighted by Crippen LogP contribution is -2.26. The van der Waals surface area contributed by atoms with Crippen LogP contribution in [-0.2, 0) is 17.3 Å². The van der Waals surface area contributed by atoms with Gasteiger partial charge in [-0.2, -0.15) is 0 Å². The van der Waals surface area contributed by atoms with Crippen molar-refractivity contribution in [1.82, 2.24) is 0 Å². The van der Waals surface area contributed by atoms with Crippen molar-refractivity contribution in [3.63, 3.8) is 0 Å². The fourth-order valence-electron chi connectivity index (χ4n) is 23.1. The molecule has 4 nitrogen and oxygen atoms in total. The smallest absolute Gasteiger partial charge is 0.0737 e. The molecule has 4 heteroatoms. The Hall–Kier alpha value is -16.4. The Kier molecular flexibility index (Phi) is 16.5. The first kappa shape index (κ1) is 73.2. The number of rotatable bonds is 14. The Morgan fingerprint density at radius 2 is 0.500 bits per heavy atom. The molecular formula is C124H82N4. The number of anilines is 12. The first-order chi connectivity index (χ1) is 63.4. The number of nitrogens with zero attached hydrogens (tertiary/aromatic N) is 4. The molecule has 2 spiro atoms. The number of aryl methyl sites for hydroxylation is 1. The van der Waals surface area contributed by atoms with Crippen LogP contribution in [0.2, 0.25) is 0 Å². The number of hydrogen-bond donors (Lipinski definition) is 0. The largest absolute Gasteiger partial charge is 0.310 e. The summed E-state index contributed by atoms with van der Waals surface area (Å²) in [6, 6.07) is 176. The zero-order valence-corrected chi connectivity index (χ0v) is 70.5. The van der Waals surface area contributed by atoms with E-state index in [4.69, 9.17) is 0 Å². The normalized spacial score (nSPS) is 14.5. The molecule has 4 aliphatic carbocycles. The molecule has 0 saturated carbocycles. The topological polar surface area (TPSA) is 13.0 Å². The maximum Gasteiger partial charge on any atom is 0.0737 e. The lowest BCUT2D eigenvalue weighted by molar-refractivity contribution is 0.810. The van der Waals surface area contributed by atoms with Gasteiger partial charge in [-0.15, -0.1) is 0 Å². The Bertz CT molecular complexity index is 8290. The fraction of sp³-hybridized carbons (Fsp3) is 0.0323. The molecule has 0 fully saturated rings. The van der Waals surface area contributed by atoms with E-state index in [1.807, 2.05) is 0 Å². The van der Waals surface area contributed by atoms with Gasteiger partial charge in [0.1, 0.15) is 0 Å². The highest BCUT2D eigenvalue weighted by molar-refractivity contribution is 6.16. The van der Waals surface area contributed by atoms with Crippen molar-refractivity contribution in [2.24, 2.45) is 0 Å². The molecule has 0 heterocycles. The predicted molar refractivity (Wildman–Crippen MR) is 537 cm³/mol. The summed E-state index contributed by atoms with van der Waals surface area (Å²) >= 11 is 0. The number of benzene rings is 22. The van der Waals surface area contributed by atoms with Gasteiger partial charge in [0.05, 0.1) is 10.8 Å². The Balaban J connectivity index is 0.594. The average Bonchev–Trinajstić information content (AvgIpc) is 1.49. The number of para-hydroxylation sites is 7. The molecule has 22 aromatic rings. The van der Waals surface area contributed by atoms with Gasteiger partial charge in [0.15, 0.2) is 0 Å². The van der Waals surface area contributed by atoms with Crippen molar-refractivity contribution in [3.8, 4) is 44.5 Å². The first-order valence-corrected chi connectivity index (χ1v) is 44.6. The summed E-state index contributed by atoms with van der Waals surface area (Å²) in [7, 11) is 0. The van der Waals surface area contributed by atoms with Crippen LogP contribution < -0.4 is 19.6 Å². The molecule has 22 aromatic carbocycles. The summed E-state index contributed by atoms with van der Waals surface area (Å²) in [6.45, 7) is 2.21. The Labute approximate surface area is 744 Å². The van der Waals surface area contributed by atoms with Crippen LogP contribution >= 0.6 is 0 Å². The fourth-order valence-corrected chi connectivity index (χ4v) is 23.1. The third-order valence-electron chi connectivity index (χ3n) is 28.2. The van der Waals surface area contributed by atoms with Crippen molar-refractivity contribution in [2.45, 2.75) is 24.2 Å². The van der Waals surface area contributed by atoms with E-state index in [1.54, 1.807) is 0 Å². The minimum Gasteiger partial charge on any atom is -0.310 e. The second kappa shape index (κ2) is 28.8. The van der Waals surface area contributed by atoms with E-state index in [1.165, 1.54) is 170 Å². The molecular weight excluding hydrogens is 1550 g/mol. The summed E-state index contributed by atoms with van der Waals surface area (Å²) in [5.41, 5.74) is 36.4. The van der Waals surface area contributed by atoms with Crippen LogP contribution in [0.25, 0.3) is 109 Å². The third-order valence-corrected chi connectivity index (χ3v) is 28.2. The Morgan fingerprint density at radius 1 is 0.188 bits per heavy atom. The molecule has 0 radical (unpaired) electrons. The van der Waals surface area contributed by atoms with Gasteiger partial charge in [-0.25, -0.2) is 0 Å². The van der Waals surface area contributed by atoms with E-state index in [9.17, 15) is 0 Å². The van der Waals surface area contributed by atoms with Gasteiger partial charge in [-0.1, -0.05) is 334 Å². The number of hydrogen-bond acceptors (Lipinski definition) is 4. The molecule has 0 aliphatic heterocycles. The molecule has 0 N–H and O–H groups in total. The SMILES string of the molecule is Cc1ccccc1N(c1ccccc1)c1ccc2c3c(ccc2c1)-c1ccc2cc(N(c4ccccc4)c4ccccc4Cc4cccc(N(c5ccccc5)c5ccc6c7c(ccc6c5)-c5ccc6cc(N(c8ccccc8)c8ccccc8)ccc6c5C75c6ccccc6-c6c5ccc5ccccc65)c4)ccc2c1C31c2ccccc2-c2c1ccc1ccccc21. The van der Waals surface area contributed by atoms with Crippen LogP contribution in [0.4, 0.5) is 68.2 Å². The lowest BCUT2D eigenvalue weighted by Gasteiger charge is -2.33. The summed E-state index contributed by atoms with van der Waals surface area (Å²) in [6.07, 6.45) is 0.677. The van der Waals surface area contributed by atoms with Crippen LogP contribution in [0.5, 0.6) is 0 Å². The molecule has 2 unspecified atom stereocenters. The summed E-state index contributed by atoms with van der Waals surface area (Å²) in [4.78, 5) is 9.74. The molecule has 2 atom stereocenters. The van der Waals surface area contributed by atoms with Gasteiger partial charge in [0.2, 0.25) is 0 Å². The van der Waals surface area contributed by atoms with Crippen molar-refractivity contribution in [3.05, 3.63) is 528 Å². The van der Waals surface area contributed by atoms with E-state index in [2.05, 4.69) is 494 Å². The molecule has 0 saturated heterocycles. The van der Waals surface area contributed by atoms with Crippen LogP contribution in [0.1, 0.15) is 61.2 Å². The van der Waals surface area contributed by atoms with E-state index in [0.717, 1.165) is 68.2 Å². The third kappa shape index (κ3) is 10.8. The van der Waals surface area contributed by atoms with E-state index < -0.39 is 10.8 Å². The van der Waals surface area contributed by atoms with Gasteiger partial charge < -0.3 is 19.6 Å². The molecule has 0 bridgehead atoms. The number of fused-ring (bicyclic) bond motifs is 32. The van der Waals surface area contributed by atoms with Crippen molar-refractivity contribution < 1.29 is 0 Å². The average molecular weight is 1630 g/mol. The highest BCUT2D eigenvalue weighted by Crippen LogP contribution is 2.69. The Morgan fingerprint density at radius 3 is 0.922 bits per heavy atom. The quantitative estimate of drug-likeness (QED) is 0.108. The van der Waals surface area contributed by atoms with Crippen LogP contribution in [0.3, 0.4) is 0 Å². The highest BCUT2D eigenvalue weighted by atomic mass is 15.2.